The van der Waals surface area contributed by atoms with Gasteiger partial charge in [0.1, 0.15) is 0 Å². The van der Waals surface area contributed by atoms with Gasteiger partial charge in [-0.15, -0.1) is 0 Å². The fourth-order valence-electron chi connectivity index (χ4n) is 20.7. The molecule has 2 aliphatic carbocycles. The van der Waals surface area contributed by atoms with Gasteiger partial charge >= 0.3 is 18.1 Å². The summed E-state index contributed by atoms with van der Waals surface area (Å²) in [5.74, 6) is 2.46. The van der Waals surface area contributed by atoms with Crippen molar-refractivity contribution in [3.63, 3.8) is 0 Å². The van der Waals surface area contributed by atoms with Crippen molar-refractivity contribution in [1.82, 2.24) is 86.6 Å². The van der Waals surface area contributed by atoms with Crippen LogP contribution in [0.2, 0.25) is 0 Å². The summed E-state index contributed by atoms with van der Waals surface area (Å²) in [6.07, 6.45) is 33.5. The summed E-state index contributed by atoms with van der Waals surface area (Å²) in [6.45, 7) is 53.2. The predicted molar refractivity (Wildman–Crippen MR) is 461 cm³/mol. The zero-order chi connectivity index (χ0) is 81.7. The maximum Gasteiger partial charge on any atom is 0.318 e. The number of nitrogens with one attached hydrogen (secondary N) is 8. The van der Waals surface area contributed by atoms with E-state index in [1.54, 1.807) is 0 Å². The van der Waals surface area contributed by atoms with E-state index >= 15 is 0 Å². The summed E-state index contributed by atoms with van der Waals surface area (Å²) in [7, 11) is 0. The van der Waals surface area contributed by atoms with Crippen molar-refractivity contribution in [3.05, 3.63) is 0 Å². The highest BCUT2D eigenvalue weighted by Crippen LogP contribution is 2.52. The first-order valence-corrected chi connectivity index (χ1v) is 47.0. The van der Waals surface area contributed by atoms with Gasteiger partial charge in [-0.1, -0.05) is 25.7 Å². The Hall–Kier alpha value is -4.14. The number of amides is 9. The van der Waals surface area contributed by atoms with Gasteiger partial charge in [0.05, 0.1) is 25.2 Å². The molecule has 0 aromatic heterocycles. The van der Waals surface area contributed by atoms with Gasteiger partial charge in [-0.2, -0.15) is 0 Å². The maximum atomic E-state index is 12.5. The third kappa shape index (κ3) is 28.5. The predicted octanol–water partition coefficient (Wildman–Crippen LogP) is 10.8. The molecule has 15 aliphatic rings. The Morgan fingerprint density at radius 2 is 0.737 bits per heavy atom. The Bertz CT molecular complexity index is 2710. The monoisotopic (exact) mass is 1600 g/mol. The van der Waals surface area contributed by atoms with E-state index in [0.717, 1.165) is 247 Å². The summed E-state index contributed by atoms with van der Waals surface area (Å²) >= 11 is 0. The van der Waals surface area contributed by atoms with Crippen molar-refractivity contribution in [2.24, 2.45) is 29.1 Å². The largest absolute Gasteiger partial charge is 0.381 e. The van der Waals surface area contributed by atoms with Crippen LogP contribution >= 0.6 is 0 Å². The first-order chi connectivity index (χ1) is 54.5. The minimum absolute atomic E-state index is 0.0573. The summed E-state index contributed by atoms with van der Waals surface area (Å²) in [5, 5.41) is 26.1. The number of fused-ring (bicyclic) bond motifs is 3. The van der Waals surface area contributed by atoms with Gasteiger partial charge in [0, 0.05) is 213 Å². The van der Waals surface area contributed by atoms with E-state index in [2.05, 4.69) is 174 Å². The SMILES string of the molecule is CC(C)(C)N1CCC(NC(=O)N2C3CCC2CC3)CC1.CC(C)(C)N1CCC(NC(=O)N2CC3COCC3C2)CC1.CC(C)N1CCC(NC(=O)C2CCCCC2)CC1.CC(C)N1CCC(NC(=O)C2CCCCN2)CC1.CC(C)N1CCC(NC(=O)C2CCCNC2)CC1.CC(C)N1CCC(NC(=O)N2CCC3(CC3)C2)CC1. The highest BCUT2D eigenvalue weighted by atomic mass is 16.5. The van der Waals surface area contributed by atoms with Crippen LogP contribution in [0.15, 0.2) is 0 Å². The third-order valence-electron chi connectivity index (χ3n) is 29.1. The molecule has 4 atom stereocenters. The molecule has 2 bridgehead atoms. The second kappa shape index (κ2) is 44.4. The quantitative estimate of drug-likeness (QED) is 0.0856. The first-order valence-electron chi connectivity index (χ1n) is 47.0. The molecular weight excluding hydrogens is 1430 g/mol. The van der Waals surface area contributed by atoms with Crippen molar-refractivity contribution in [1.29, 1.82) is 0 Å². The molecule has 15 rings (SSSR count). The Morgan fingerprint density at radius 3 is 1.11 bits per heavy atom. The number of hydrogen-bond donors (Lipinski definition) is 8. The van der Waals surface area contributed by atoms with Crippen LogP contribution in [0.25, 0.3) is 0 Å². The van der Waals surface area contributed by atoms with Gasteiger partial charge in [0.15, 0.2) is 0 Å². The highest BCUT2D eigenvalue weighted by molar-refractivity contribution is 5.82. The van der Waals surface area contributed by atoms with E-state index < -0.39 is 0 Å². The molecule has 654 valence electrons. The molecule has 13 heterocycles. The second-order valence-electron chi connectivity index (χ2n) is 40.7. The normalized spacial score (nSPS) is 28.4. The van der Waals surface area contributed by atoms with Crippen molar-refractivity contribution < 1.29 is 33.5 Å². The van der Waals surface area contributed by atoms with Crippen LogP contribution in [-0.2, 0) is 19.1 Å². The molecule has 1 spiro atoms. The van der Waals surface area contributed by atoms with Crippen LogP contribution in [0, 0.1) is 29.1 Å². The summed E-state index contributed by atoms with van der Waals surface area (Å²) in [5.41, 5.74) is 1.03. The van der Waals surface area contributed by atoms with E-state index in [-0.39, 0.29) is 52.9 Å². The van der Waals surface area contributed by atoms with Crippen LogP contribution in [0.4, 0.5) is 14.4 Å². The zero-order valence-electron chi connectivity index (χ0n) is 74.6. The molecule has 9 amide bonds. The zero-order valence-corrected chi connectivity index (χ0v) is 74.6. The topological polar surface area (TPSA) is 237 Å². The number of urea groups is 3. The highest BCUT2D eigenvalue weighted by Gasteiger charge is 2.49. The molecule has 24 nitrogen and oxygen atoms in total. The Labute approximate surface area is 691 Å². The Morgan fingerprint density at radius 1 is 0.368 bits per heavy atom. The average molecular weight is 1600 g/mol. The fraction of sp³-hybridized carbons (Fsp3) is 0.933. The molecule has 114 heavy (non-hydrogen) atoms. The van der Waals surface area contributed by atoms with Crippen LogP contribution in [0.1, 0.15) is 283 Å². The Kier molecular flexibility index (Phi) is 35.9. The lowest BCUT2D eigenvalue weighted by Gasteiger charge is -2.41. The van der Waals surface area contributed by atoms with Gasteiger partial charge in [-0.05, 0) is 276 Å². The molecule has 0 aromatic carbocycles. The van der Waals surface area contributed by atoms with Gasteiger partial charge in [-0.25, -0.2) is 14.4 Å². The summed E-state index contributed by atoms with van der Waals surface area (Å²) in [6, 6.07) is 6.50. The number of carbonyl (C=O) groups excluding carboxylic acids is 6. The number of ether oxygens (including phenoxy) is 1. The molecule has 2 saturated carbocycles. The van der Waals surface area contributed by atoms with Gasteiger partial charge in [-0.3, -0.25) is 24.2 Å². The Balaban J connectivity index is 0.000000145. The van der Waals surface area contributed by atoms with E-state index in [9.17, 15) is 28.8 Å². The lowest BCUT2D eigenvalue weighted by molar-refractivity contribution is -0.127. The van der Waals surface area contributed by atoms with Crippen molar-refractivity contribution in [2.75, 3.05) is 138 Å². The van der Waals surface area contributed by atoms with Gasteiger partial charge < -0.3 is 81.6 Å². The molecule has 0 aromatic rings. The molecule has 13 saturated heterocycles. The van der Waals surface area contributed by atoms with Crippen LogP contribution in [0.5, 0.6) is 0 Å². The smallest absolute Gasteiger partial charge is 0.318 e. The standard InChI is InChI=1S/C16H29N3O2.C16H29N3O.C15H27N3O.C15H28N2O.2C14H27N3O/c1-16(2,3)19-6-4-14(5-7-19)17-15(20)18-8-12-10-21-11-13(12)9-18;1-16(2,3)18-10-8-12(9-11-18)17-15(20)19-13-4-5-14(19)7-6-13;1-12(2)17-8-3-13(4-9-17)16-14(19)18-10-7-15(11-18)5-6-15;1-12(2)17-10-8-14(9-11-17)16-15(18)13-6-4-3-5-7-13;1-11(2)17-8-5-13(6-9-17)16-14(18)12-4-3-7-15-10-12;1-11(2)17-9-6-12(7-10-17)16-14(18)13-5-3-4-8-15-13/h12-14H,4-11H2,1-3H3,(H,17,20);12-14H,4-11H2,1-3H3,(H,17,20);12-13H,3-11H2,1-2H3,(H,16,19);12-14H,3-11H2,1-2H3,(H,16,18);2*11-13,15H,3-10H2,1-2H3,(H,16,18). The van der Waals surface area contributed by atoms with Crippen LogP contribution < -0.4 is 42.5 Å². The number of rotatable bonds is 13. The average Bonchev–Trinajstić information content (AvgIpc) is 1.61. The maximum absolute atomic E-state index is 12.5. The van der Waals surface area contributed by atoms with E-state index in [0.29, 0.717) is 102 Å². The summed E-state index contributed by atoms with van der Waals surface area (Å²) in [4.78, 5) is 94.6. The molecule has 13 aliphatic heterocycles. The molecule has 15 fully saturated rings. The lowest BCUT2D eigenvalue weighted by Crippen LogP contribution is -2.53. The summed E-state index contributed by atoms with van der Waals surface area (Å²) < 4.78 is 5.47. The molecule has 24 heteroatoms. The minimum Gasteiger partial charge on any atom is -0.381 e. The number of piperidine rings is 8. The fourth-order valence-corrected chi connectivity index (χ4v) is 20.7. The van der Waals surface area contributed by atoms with E-state index in [1.807, 2.05) is 9.80 Å². The van der Waals surface area contributed by atoms with Gasteiger partial charge in [0.2, 0.25) is 17.7 Å². The first kappa shape index (κ1) is 92.2. The third-order valence-corrected chi connectivity index (χ3v) is 29.1. The van der Waals surface area contributed by atoms with Crippen LogP contribution in [0.3, 0.4) is 0 Å². The van der Waals surface area contributed by atoms with E-state index in [4.69, 9.17) is 4.74 Å². The number of carbonyl (C=O) groups is 6. The second-order valence-corrected chi connectivity index (χ2v) is 40.7. The van der Waals surface area contributed by atoms with Crippen molar-refractivity contribution in [2.45, 2.75) is 373 Å². The van der Waals surface area contributed by atoms with E-state index in [1.165, 1.54) is 77.0 Å². The van der Waals surface area contributed by atoms with Crippen molar-refractivity contribution in [3.8, 4) is 0 Å². The molecule has 8 N–H and O–H groups in total. The number of nitrogens with zero attached hydrogens (tertiary/aromatic N) is 9. The number of hydrogen-bond acceptors (Lipinski definition) is 15. The van der Waals surface area contributed by atoms with Crippen LogP contribution in [-0.4, -0.2) is 307 Å². The lowest BCUT2D eigenvalue weighted by atomic mass is 9.88. The van der Waals surface area contributed by atoms with Crippen molar-refractivity contribution >= 4 is 35.8 Å². The van der Waals surface area contributed by atoms with Gasteiger partial charge in [0.25, 0.3) is 0 Å². The minimum atomic E-state index is 0.0573. The molecular formula is C90H167N17O7. The number of likely N-dealkylation sites (tertiary alicyclic amines) is 8. The molecule has 0 radical (unpaired) electrons. The molecule has 4 unspecified atom stereocenters.